The number of nitrogens with two attached hydrogens (primary N) is 1. The van der Waals surface area contributed by atoms with Gasteiger partial charge in [-0.3, -0.25) is 4.90 Å². The fourth-order valence-corrected chi connectivity index (χ4v) is 2.47. The summed E-state index contributed by atoms with van der Waals surface area (Å²) in [5.41, 5.74) is 5.81. The third-order valence-corrected chi connectivity index (χ3v) is 3.46. The summed E-state index contributed by atoms with van der Waals surface area (Å²) in [6.45, 7) is 5.91. The molecule has 20 heavy (non-hydrogen) atoms. The summed E-state index contributed by atoms with van der Waals surface area (Å²) >= 11 is 0. The van der Waals surface area contributed by atoms with Gasteiger partial charge in [0, 0.05) is 44.5 Å². The van der Waals surface area contributed by atoms with E-state index in [2.05, 4.69) is 4.90 Å². The number of piperazine rings is 1. The highest BCUT2D eigenvalue weighted by Crippen LogP contribution is 2.31. The van der Waals surface area contributed by atoms with E-state index in [0.717, 1.165) is 38.8 Å². The molecular weight excluding hydrogens is 267 g/mol. The molecule has 2 rings (SSSR count). The van der Waals surface area contributed by atoms with Crippen LogP contribution < -0.4 is 10.6 Å². The van der Waals surface area contributed by atoms with Gasteiger partial charge in [-0.05, 0) is 25.1 Å². The molecule has 112 valence electrons. The normalized spacial score (nSPS) is 19.1. The zero-order valence-electron chi connectivity index (χ0n) is 11.5. The molecule has 0 amide bonds. The molecule has 3 nitrogen and oxygen atoms in total. The molecule has 1 aliphatic rings. The summed E-state index contributed by atoms with van der Waals surface area (Å²) in [4.78, 5) is 4.24. The molecule has 1 aliphatic heterocycles. The van der Waals surface area contributed by atoms with Crippen molar-refractivity contribution >= 4 is 5.69 Å². The molecule has 2 N–H and O–H groups in total. The van der Waals surface area contributed by atoms with Crippen molar-refractivity contribution in [1.82, 2.24) is 4.90 Å². The van der Waals surface area contributed by atoms with Crippen LogP contribution in [-0.4, -0.2) is 43.7 Å². The van der Waals surface area contributed by atoms with Crippen molar-refractivity contribution in [2.45, 2.75) is 19.1 Å². The topological polar surface area (TPSA) is 32.5 Å². The van der Waals surface area contributed by atoms with E-state index in [4.69, 9.17) is 5.73 Å². The van der Waals surface area contributed by atoms with Crippen molar-refractivity contribution in [3.63, 3.8) is 0 Å². The zero-order chi connectivity index (χ0) is 14.8. The van der Waals surface area contributed by atoms with Crippen molar-refractivity contribution in [2.75, 3.05) is 37.6 Å². The lowest BCUT2D eigenvalue weighted by atomic mass is 10.1. The van der Waals surface area contributed by atoms with Crippen LogP contribution in [0.2, 0.25) is 0 Å². The zero-order valence-corrected chi connectivity index (χ0v) is 11.5. The lowest BCUT2D eigenvalue weighted by Gasteiger charge is -2.37. The molecule has 0 spiro atoms. The molecule has 1 atom stereocenters. The summed E-state index contributed by atoms with van der Waals surface area (Å²) in [6, 6.07) is 5.65. The fourth-order valence-electron chi connectivity index (χ4n) is 2.47. The van der Waals surface area contributed by atoms with Crippen molar-refractivity contribution in [3.8, 4) is 0 Å². The predicted octanol–water partition coefficient (Wildman–Crippen LogP) is 2.17. The fraction of sp³-hybridized carbons (Fsp3) is 0.571. The smallest absolute Gasteiger partial charge is 0.369 e. The molecule has 1 fully saturated rings. The quantitative estimate of drug-likeness (QED) is 0.925. The highest BCUT2D eigenvalue weighted by molar-refractivity contribution is 5.49. The van der Waals surface area contributed by atoms with Crippen LogP contribution in [0.15, 0.2) is 24.3 Å². The molecule has 0 aromatic heterocycles. The van der Waals surface area contributed by atoms with Gasteiger partial charge in [0.2, 0.25) is 0 Å². The standard InChI is InChI=1S/C14H20F3N3/c1-11(18)10-19-5-7-20(8-6-19)13-4-2-3-12(9-13)14(15,16)17/h2-4,9,11H,5-8,10,18H2,1H3/t11-/m0/s1. The largest absolute Gasteiger partial charge is 0.416 e. The Bertz CT molecular complexity index is 438. The van der Waals surface area contributed by atoms with Gasteiger partial charge in [0.15, 0.2) is 0 Å². The monoisotopic (exact) mass is 287 g/mol. The molecule has 6 heteroatoms. The number of benzene rings is 1. The average molecular weight is 287 g/mol. The molecule has 1 heterocycles. The van der Waals surface area contributed by atoms with Crippen molar-refractivity contribution in [3.05, 3.63) is 29.8 Å². The van der Waals surface area contributed by atoms with Crippen LogP contribution in [0.5, 0.6) is 0 Å². The maximum Gasteiger partial charge on any atom is 0.416 e. The second kappa shape index (κ2) is 6.01. The predicted molar refractivity (Wildman–Crippen MR) is 73.7 cm³/mol. The van der Waals surface area contributed by atoms with E-state index in [0.29, 0.717) is 5.69 Å². The van der Waals surface area contributed by atoms with Crippen molar-refractivity contribution in [2.24, 2.45) is 5.73 Å². The van der Waals surface area contributed by atoms with E-state index < -0.39 is 11.7 Å². The number of halogens is 3. The summed E-state index contributed by atoms with van der Waals surface area (Å²) in [6.07, 6.45) is -4.28. The maximum atomic E-state index is 12.7. The van der Waals surface area contributed by atoms with E-state index in [9.17, 15) is 13.2 Å². The first-order chi connectivity index (χ1) is 9.36. The Kier molecular flexibility index (Phi) is 4.55. The average Bonchev–Trinajstić information content (AvgIpc) is 2.38. The van der Waals surface area contributed by atoms with Gasteiger partial charge in [-0.1, -0.05) is 6.07 Å². The van der Waals surface area contributed by atoms with E-state index in [1.165, 1.54) is 12.1 Å². The second-order valence-electron chi connectivity index (χ2n) is 5.31. The molecular formula is C14H20F3N3. The molecule has 1 aromatic rings. The Morgan fingerprint density at radius 2 is 1.85 bits per heavy atom. The highest BCUT2D eigenvalue weighted by atomic mass is 19.4. The minimum atomic E-state index is -4.28. The van der Waals surface area contributed by atoms with Gasteiger partial charge in [-0.15, -0.1) is 0 Å². The Morgan fingerprint density at radius 1 is 1.20 bits per heavy atom. The molecule has 0 aliphatic carbocycles. The minimum Gasteiger partial charge on any atom is -0.369 e. The number of anilines is 1. The van der Waals surface area contributed by atoms with Crippen LogP contribution >= 0.6 is 0 Å². The molecule has 0 radical (unpaired) electrons. The number of rotatable bonds is 3. The Hall–Kier alpha value is -1.27. The first-order valence-electron chi connectivity index (χ1n) is 6.76. The second-order valence-corrected chi connectivity index (χ2v) is 5.31. The number of nitrogens with zero attached hydrogens (tertiary/aromatic N) is 2. The van der Waals surface area contributed by atoms with Gasteiger partial charge in [-0.2, -0.15) is 13.2 Å². The van der Waals surface area contributed by atoms with Crippen molar-refractivity contribution < 1.29 is 13.2 Å². The summed E-state index contributed by atoms with van der Waals surface area (Å²) in [7, 11) is 0. The van der Waals surface area contributed by atoms with Gasteiger partial charge in [0.05, 0.1) is 5.56 Å². The van der Waals surface area contributed by atoms with Gasteiger partial charge in [-0.25, -0.2) is 0 Å². The highest BCUT2D eigenvalue weighted by Gasteiger charge is 2.31. The first-order valence-corrected chi connectivity index (χ1v) is 6.76. The maximum absolute atomic E-state index is 12.7. The molecule has 0 saturated carbocycles. The van der Waals surface area contributed by atoms with Gasteiger partial charge >= 0.3 is 6.18 Å². The van der Waals surface area contributed by atoms with Crippen LogP contribution in [0.1, 0.15) is 12.5 Å². The molecule has 1 saturated heterocycles. The Labute approximate surface area is 117 Å². The summed E-state index contributed by atoms with van der Waals surface area (Å²) < 4.78 is 38.1. The minimum absolute atomic E-state index is 0.120. The van der Waals surface area contributed by atoms with E-state index in [1.807, 2.05) is 11.8 Å². The first kappa shape index (κ1) is 15.1. The number of hydrogen-bond acceptors (Lipinski definition) is 3. The lowest BCUT2D eigenvalue weighted by Crippen LogP contribution is -2.49. The summed E-state index contributed by atoms with van der Waals surface area (Å²) in [5.74, 6) is 0. The Morgan fingerprint density at radius 3 is 2.40 bits per heavy atom. The van der Waals surface area contributed by atoms with Crippen LogP contribution in [0.25, 0.3) is 0 Å². The SMILES string of the molecule is C[C@H](N)CN1CCN(c2cccc(C(F)(F)F)c2)CC1. The Balaban J connectivity index is 2.00. The lowest BCUT2D eigenvalue weighted by molar-refractivity contribution is -0.137. The molecule has 1 aromatic carbocycles. The van der Waals surface area contributed by atoms with Crippen LogP contribution in [0, 0.1) is 0 Å². The van der Waals surface area contributed by atoms with Gasteiger partial charge in [0.25, 0.3) is 0 Å². The van der Waals surface area contributed by atoms with Gasteiger partial charge in [0.1, 0.15) is 0 Å². The van der Waals surface area contributed by atoms with Crippen LogP contribution in [-0.2, 0) is 6.18 Å². The number of alkyl halides is 3. The van der Waals surface area contributed by atoms with E-state index in [1.54, 1.807) is 6.07 Å². The van der Waals surface area contributed by atoms with E-state index in [-0.39, 0.29) is 6.04 Å². The number of hydrogen-bond donors (Lipinski definition) is 1. The van der Waals surface area contributed by atoms with Gasteiger partial charge < -0.3 is 10.6 Å². The third-order valence-electron chi connectivity index (χ3n) is 3.46. The molecule has 0 bridgehead atoms. The van der Waals surface area contributed by atoms with Crippen LogP contribution in [0.4, 0.5) is 18.9 Å². The van der Waals surface area contributed by atoms with E-state index >= 15 is 0 Å². The third kappa shape index (κ3) is 3.86. The van der Waals surface area contributed by atoms with Crippen molar-refractivity contribution in [1.29, 1.82) is 0 Å². The summed E-state index contributed by atoms with van der Waals surface area (Å²) in [5, 5.41) is 0. The molecule has 0 unspecified atom stereocenters. The van der Waals surface area contributed by atoms with Crippen LogP contribution in [0.3, 0.4) is 0 Å².